The molecular formula is C23H37FN6O3S. The van der Waals surface area contributed by atoms with Crippen molar-refractivity contribution >= 4 is 35.6 Å². The lowest BCUT2D eigenvalue weighted by molar-refractivity contribution is -0.129. The number of piperidine rings is 1. The van der Waals surface area contributed by atoms with Crippen LogP contribution in [0.15, 0.2) is 17.8 Å². The van der Waals surface area contributed by atoms with Gasteiger partial charge in [-0.2, -0.15) is 4.98 Å². The molecular weight excluding hydrogens is 459 g/mol. The molecule has 0 unspecified atom stereocenters. The van der Waals surface area contributed by atoms with E-state index in [1.807, 2.05) is 29.7 Å². The van der Waals surface area contributed by atoms with Crippen LogP contribution in [0.3, 0.4) is 0 Å². The van der Waals surface area contributed by atoms with Crippen molar-refractivity contribution in [3.8, 4) is 0 Å². The molecule has 3 heterocycles. The summed E-state index contributed by atoms with van der Waals surface area (Å²) in [7, 11) is 0. The van der Waals surface area contributed by atoms with Gasteiger partial charge in [-0.15, -0.1) is 0 Å². The molecule has 0 aromatic carbocycles. The molecule has 0 spiro atoms. The molecule has 0 saturated carbocycles. The molecule has 1 aromatic rings. The fraction of sp³-hybridized carbons (Fsp3) is 0.652. The van der Waals surface area contributed by atoms with Gasteiger partial charge in [0.2, 0.25) is 11.9 Å². The van der Waals surface area contributed by atoms with Crippen LogP contribution in [0.5, 0.6) is 0 Å². The SMILES string of the molecule is C/C=C(\CN(CC)c1nc(NC2CCN(C(C)=O)CC2)ncc1F)C(=O)N1CCCC1.CSO. The minimum atomic E-state index is -0.511. The van der Waals surface area contributed by atoms with Gasteiger partial charge in [0.25, 0.3) is 5.91 Å². The Balaban J connectivity index is 0.00000129. The first-order chi connectivity index (χ1) is 16.3. The predicted octanol–water partition coefficient (Wildman–Crippen LogP) is 3.26. The van der Waals surface area contributed by atoms with E-state index < -0.39 is 5.82 Å². The summed E-state index contributed by atoms with van der Waals surface area (Å²) in [5, 5.41) is 3.28. The molecule has 0 aliphatic carbocycles. The maximum absolute atomic E-state index is 14.6. The smallest absolute Gasteiger partial charge is 0.251 e. The molecule has 9 nitrogen and oxygen atoms in total. The molecule has 2 amide bonds. The number of likely N-dealkylation sites (tertiary alicyclic amines) is 2. The number of nitrogens with zero attached hydrogens (tertiary/aromatic N) is 5. The Bertz CT molecular complexity index is 842. The van der Waals surface area contributed by atoms with Crippen LogP contribution in [-0.4, -0.2) is 87.7 Å². The normalized spacial score (nSPS) is 16.7. The van der Waals surface area contributed by atoms with Crippen LogP contribution in [0.25, 0.3) is 0 Å². The third-order valence-electron chi connectivity index (χ3n) is 6.06. The highest BCUT2D eigenvalue weighted by molar-refractivity contribution is 7.93. The molecule has 2 N–H and O–H groups in total. The molecule has 2 fully saturated rings. The third-order valence-corrected chi connectivity index (χ3v) is 6.06. The highest BCUT2D eigenvalue weighted by atomic mass is 32.2. The first-order valence-corrected chi connectivity index (χ1v) is 12.9. The number of halogens is 1. The Kier molecular flexibility index (Phi) is 11.5. The van der Waals surface area contributed by atoms with E-state index in [1.54, 1.807) is 18.1 Å². The number of allylic oxidation sites excluding steroid dienone is 1. The van der Waals surface area contributed by atoms with Crippen molar-refractivity contribution < 1.29 is 18.5 Å². The Morgan fingerprint density at radius 1 is 1.26 bits per heavy atom. The van der Waals surface area contributed by atoms with Gasteiger partial charge in [-0.25, -0.2) is 9.37 Å². The van der Waals surface area contributed by atoms with E-state index in [4.69, 9.17) is 4.55 Å². The van der Waals surface area contributed by atoms with Crippen LogP contribution in [0.1, 0.15) is 46.5 Å². The van der Waals surface area contributed by atoms with Crippen molar-refractivity contribution in [3.63, 3.8) is 0 Å². The van der Waals surface area contributed by atoms with Gasteiger partial charge in [0.05, 0.1) is 6.20 Å². The molecule has 2 aliphatic rings. The van der Waals surface area contributed by atoms with Gasteiger partial charge >= 0.3 is 0 Å². The van der Waals surface area contributed by atoms with Crippen LogP contribution >= 0.6 is 12.0 Å². The summed E-state index contributed by atoms with van der Waals surface area (Å²) >= 11 is 0.750. The van der Waals surface area contributed by atoms with Crippen LogP contribution < -0.4 is 10.2 Å². The van der Waals surface area contributed by atoms with E-state index in [1.165, 1.54) is 6.20 Å². The molecule has 2 saturated heterocycles. The molecule has 2 aliphatic heterocycles. The predicted molar refractivity (Wildman–Crippen MR) is 134 cm³/mol. The van der Waals surface area contributed by atoms with Gasteiger partial charge in [-0.05, 0) is 51.6 Å². The summed E-state index contributed by atoms with van der Waals surface area (Å²) in [4.78, 5) is 38.3. The van der Waals surface area contributed by atoms with Gasteiger partial charge in [0.1, 0.15) is 0 Å². The lowest BCUT2D eigenvalue weighted by atomic mass is 10.1. The maximum Gasteiger partial charge on any atom is 0.251 e. The van der Waals surface area contributed by atoms with Gasteiger partial charge < -0.3 is 24.6 Å². The average molecular weight is 497 g/mol. The number of hydrogen-bond donors (Lipinski definition) is 2. The summed E-state index contributed by atoms with van der Waals surface area (Å²) < 4.78 is 22.1. The lowest BCUT2D eigenvalue weighted by Crippen LogP contribution is -2.41. The molecule has 0 bridgehead atoms. The number of carbonyl (C=O) groups is 2. The summed E-state index contributed by atoms with van der Waals surface area (Å²) in [5.41, 5.74) is 0.646. The van der Waals surface area contributed by atoms with Gasteiger partial charge in [-0.3, -0.25) is 9.59 Å². The Morgan fingerprint density at radius 2 is 1.88 bits per heavy atom. The van der Waals surface area contributed by atoms with Crippen LogP contribution in [0.4, 0.5) is 16.2 Å². The fourth-order valence-electron chi connectivity index (χ4n) is 4.12. The standard InChI is InChI=1S/C22H33FN6O2.CH4OS/c1-4-17(21(31)29-10-6-7-11-29)15-27(5-2)20-19(23)14-24-22(26-20)25-18-8-12-28(13-9-18)16(3)30;1-3-2/h4,14,18H,5-13,15H2,1-3H3,(H,24,25,26);2H,1H3/b17-4+;. The van der Waals surface area contributed by atoms with Crippen molar-refractivity contribution in [1.29, 1.82) is 0 Å². The number of carbonyl (C=O) groups excluding carboxylic acids is 2. The number of rotatable bonds is 7. The van der Waals surface area contributed by atoms with Crippen molar-refractivity contribution in [2.45, 2.75) is 52.5 Å². The van der Waals surface area contributed by atoms with Gasteiger partial charge in [-0.1, -0.05) is 6.08 Å². The molecule has 34 heavy (non-hydrogen) atoms. The summed E-state index contributed by atoms with van der Waals surface area (Å²) in [6.45, 7) is 9.07. The monoisotopic (exact) mass is 496 g/mol. The van der Waals surface area contributed by atoms with Crippen molar-refractivity contribution in [3.05, 3.63) is 23.7 Å². The third kappa shape index (κ3) is 7.83. The van der Waals surface area contributed by atoms with E-state index in [2.05, 4.69) is 15.3 Å². The second-order valence-electron chi connectivity index (χ2n) is 8.30. The molecule has 3 rings (SSSR count). The zero-order chi connectivity index (χ0) is 25.1. The Labute approximate surface area is 206 Å². The number of nitrogens with one attached hydrogen (secondary N) is 1. The van der Waals surface area contributed by atoms with E-state index in [-0.39, 0.29) is 23.7 Å². The Morgan fingerprint density at radius 3 is 2.41 bits per heavy atom. The number of anilines is 2. The number of hydrogen-bond acceptors (Lipinski definition) is 8. The highest BCUT2D eigenvalue weighted by Gasteiger charge is 2.25. The Hall–Kier alpha value is -2.40. The van der Waals surface area contributed by atoms with E-state index in [9.17, 15) is 14.0 Å². The average Bonchev–Trinajstić information content (AvgIpc) is 3.37. The topological polar surface area (TPSA) is 102 Å². The zero-order valence-electron chi connectivity index (χ0n) is 20.6. The number of aromatic nitrogens is 2. The number of likely N-dealkylation sites (N-methyl/N-ethyl adjacent to an activating group) is 1. The fourth-order valence-corrected chi connectivity index (χ4v) is 4.12. The minimum absolute atomic E-state index is 0.0171. The van der Waals surface area contributed by atoms with Crippen LogP contribution in [0, 0.1) is 5.82 Å². The molecule has 0 atom stereocenters. The maximum atomic E-state index is 14.6. The second kappa shape index (κ2) is 14.1. The zero-order valence-corrected chi connectivity index (χ0v) is 21.4. The van der Waals surface area contributed by atoms with Crippen LogP contribution in [-0.2, 0) is 9.59 Å². The largest absolute Gasteiger partial charge is 0.351 e. The molecule has 190 valence electrons. The van der Waals surface area contributed by atoms with Crippen molar-refractivity contribution in [2.75, 3.05) is 55.7 Å². The summed E-state index contributed by atoms with van der Waals surface area (Å²) in [6.07, 6.45) is 8.22. The first kappa shape index (κ1) is 27.8. The first-order valence-electron chi connectivity index (χ1n) is 11.8. The van der Waals surface area contributed by atoms with Crippen molar-refractivity contribution in [2.24, 2.45) is 0 Å². The van der Waals surface area contributed by atoms with E-state index in [0.717, 1.165) is 50.8 Å². The molecule has 1 aromatic heterocycles. The lowest BCUT2D eigenvalue weighted by Gasteiger charge is -2.32. The minimum Gasteiger partial charge on any atom is -0.351 e. The second-order valence-corrected chi connectivity index (χ2v) is 8.66. The van der Waals surface area contributed by atoms with E-state index >= 15 is 0 Å². The van der Waals surface area contributed by atoms with Gasteiger partial charge in [0.15, 0.2) is 11.6 Å². The highest BCUT2D eigenvalue weighted by Crippen LogP contribution is 2.22. The summed E-state index contributed by atoms with van der Waals surface area (Å²) in [6, 6.07) is 0.131. The summed E-state index contributed by atoms with van der Waals surface area (Å²) in [5.74, 6) is 0.144. The molecule has 11 heteroatoms. The number of amides is 2. The van der Waals surface area contributed by atoms with Gasteiger partial charge in [0, 0.05) is 64.1 Å². The van der Waals surface area contributed by atoms with Crippen LogP contribution in [0.2, 0.25) is 0 Å². The molecule has 0 radical (unpaired) electrons. The van der Waals surface area contributed by atoms with Crippen molar-refractivity contribution in [1.82, 2.24) is 19.8 Å². The quantitative estimate of drug-likeness (QED) is 0.438. The van der Waals surface area contributed by atoms with E-state index in [0.29, 0.717) is 37.7 Å².